The fraction of sp³-hybridized carbons (Fsp3) is 0.500. The standard InChI is InChI=1S/C16H21NO3/c1-10-7-11(2)16(12(3)8-10)13(18)9-17-14(19)5-4-6-15(17)20/h7-8,13,18H,4-6,9H2,1-3H3. The van der Waals surface area contributed by atoms with Crippen LogP contribution < -0.4 is 0 Å². The minimum atomic E-state index is -0.818. The van der Waals surface area contributed by atoms with E-state index in [1.165, 1.54) is 4.90 Å². The Bertz CT molecular complexity index is 512. The molecule has 0 aliphatic carbocycles. The molecular formula is C16H21NO3. The largest absolute Gasteiger partial charge is 0.387 e. The van der Waals surface area contributed by atoms with E-state index >= 15 is 0 Å². The third-order valence-electron chi connectivity index (χ3n) is 3.81. The number of likely N-dealkylation sites (tertiary alicyclic amines) is 1. The van der Waals surface area contributed by atoms with E-state index in [1.807, 2.05) is 32.9 Å². The predicted molar refractivity (Wildman–Crippen MR) is 76.2 cm³/mol. The van der Waals surface area contributed by atoms with Crippen LogP contribution in [0.5, 0.6) is 0 Å². The molecule has 20 heavy (non-hydrogen) atoms. The first-order valence-electron chi connectivity index (χ1n) is 6.99. The second-order valence-electron chi connectivity index (χ2n) is 5.58. The highest BCUT2D eigenvalue weighted by Crippen LogP contribution is 2.25. The van der Waals surface area contributed by atoms with Crippen LogP contribution in [0.4, 0.5) is 0 Å². The summed E-state index contributed by atoms with van der Waals surface area (Å²) < 4.78 is 0. The molecule has 108 valence electrons. The summed E-state index contributed by atoms with van der Waals surface area (Å²) in [4.78, 5) is 24.8. The molecule has 0 bridgehead atoms. The highest BCUT2D eigenvalue weighted by Gasteiger charge is 2.28. The molecule has 4 nitrogen and oxygen atoms in total. The molecule has 1 aromatic carbocycles. The molecule has 0 aromatic heterocycles. The maximum Gasteiger partial charge on any atom is 0.229 e. The van der Waals surface area contributed by atoms with Gasteiger partial charge < -0.3 is 5.11 Å². The number of carbonyl (C=O) groups is 2. The van der Waals surface area contributed by atoms with E-state index < -0.39 is 6.10 Å². The van der Waals surface area contributed by atoms with E-state index in [0.717, 1.165) is 22.3 Å². The van der Waals surface area contributed by atoms with Crippen molar-refractivity contribution in [2.24, 2.45) is 0 Å². The van der Waals surface area contributed by atoms with Crippen molar-refractivity contribution in [3.8, 4) is 0 Å². The summed E-state index contributed by atoms with van der Waals surface area (Å²) in [5, 5.41) is 10.4. The van der Waals surface area contributed by atoms with Gasteiger partial charge in [0.05, 0.1) is 12.6 Å². The molecule has 4 heteroatoms. The van der Waals surface area contributed by atoms with Gasteiger partial charge >= 0.3 is 0 Å². The summed E-state index contributed by atoms with van der Waals surface area (Å²) in [5.74, 6) is -0.356. The zero-order chi connectivity index (χ0) is 14.9. The maximum absolute atomic E-state index is 11.8. The monoisotopic (exact) mass is 275 g/mol. The Balaban J connectivity index is 2.22. The van der Waals surface area contributed by atoms with Gasteiger partial charge in [0.2, 0.25) is 11.8 Å². The third-order valence-corrected chi connectivity index (χ3v) is 3.81. The number of benzene rings is 1. The van der Waals surface area contributed by atoms with E-state index in [9.17, 15) is 14.7 Å². The van der Waals surface area contributed by atoms with Crippen LogP contribution in [-0.4, -0.2) is 28.4 Å². The number of piperidine rings is 1. The van der Waals surface area contributed by atoms with Crippen molar-refractivity contribution in [2.45, 2.75) is 46.1 Å². The minimum absolute atomic E-state index is 0.0579. The van der Waals surface area contributed by atoms with Gasteiger partial charge in [0.15, 0.2) is 0 Å². The first-order chi connectivity index (χ1) is 9.40. The fourth-order valence-corrected chi connectivity index (χ4v) is 2.98. The highest BCUT2D eigenvalue weighted by molar-refractivity contribution is 5.97. The van der Waals surface area contributed by atoms with Gasteiger partial charge in [-0.2, -0.15) is 0 Å². The fourth-order valence-electron chi connectivity index (χ4n) is 2.98. The second kappa shape index (κ2) is 5.75. The lowest BCUT2D eigenvalue weighted by atomic mass is 9.95. The highest BCUT2D eigenvalue weighted by atomic mass is 16.3. The molecule has 1 atom stereocenters. The van der Waals surface area contributed by atoms with Crippen LogP contribution in [0.15, 0.2) is 12.1 Å². The average molecular weight is 275 g/mol. The van der Waals surface area contributed by atoms with Gasteiger partial charge in [0.25, 0.3) is 0 Å². The Morgan fingerprint density at radius 2 is 1.60 bits per heavy atom. The summed E-state index contributed by atoms with van der Waals surface area (Å²) in [7, 11) is 0. The van der Waals surface area contributed by atoms with Crippen molar-refractivity contribution in [1.82, 2.24) is 4.90 Å². The Hall–Kier alpha value is -1.68. The number of aliphatic hydroxyl groups is 1. The summed E-state index contributed by atoms with van der Waals surface area (Å²) in [6, 6.07) is 4.01. The molecule has 0 spiro atoms. The van der Waals surface area contributed by atoms with Gasteiger partial charge in [-0.15, -0.1) is 0 Å². The summed E-state index contributed by atoms with van der Waals surface area (Å²) in [6.07, 6.45) is 0.586. The lowest BCUT2D eigenvalue weighted by molar-refractivity contribution is -0.149. The van der Waals surface area contributed by atoms with E-state index in [1.54, 1.807) is 0 Å². The van der Waals surface area contributed by atoms with E-state index in [-0.39, 0.29) is 18.4 Å². The van der Waals surface area contributed by atoms with E-state index in [0.29, 0.717) is 19.3 Å². The number of imide groups is 1. The van der Waals surface area contributed by atoms with Crippen LogP contribution in [-0.2, 0) is 9.59 Å². The summed E-state index contributed by atoms with van der Waals surface area (Å²) in [6.45, 7) is 5.95. The molecule has 0 radical (unpaired) electrons. The zero-order valence-corrected chi connectivity index (χ0v) is 12.3. The molecule has 1 aliphatic heterocycles. The lowest BCUT2D eigenvalue weighted by Gasteiger charge is -2.28. The van der Waals surface area contributed by atoms with Crippen molar-refractivity contribution in [2.75, 3.05) is 6.54 Å². The number of amides is 2. The Labute approximate surface area is 119 Å². The molecular weight excluding hydrogens is 254 g/mol. The Morgan fingerprint density at radius 3 is 2.10 bits per heavy atom. The SMILES string of the molecule is Cc1cc(C)c(C(O)CN2C(=O)CCCC2=O)c(C)c1. The van der Waals surface area contributed by atoms with Crippen LogP contribution in [0.3, 0.4) is 0 Å². The topological polar surface area (TPSA) is 57.6 Å². The van der Waals surface area contributed by atoms with Gasteiger partial charge in [0, 0.05) is 12.8 Å². The second-order valence-corrected chi connectivity index (χ2v) is 5.58. The van der Waals surface area contributed by atoms with Gasteiger partial charge in [-0.05, 0) is 43.9 Å². The summed E-state index contributed by atoms with van der Waals surface area (Å²) >= 11 is 0. The zero-order valence-electron chi connectivity index (χ0n) is 12.3. The first-order valence-corrected chi connectivity index (χ1v) is 6.99. The van der Waals surface area contributed by atoms with Gasteiger partial charge in [0.1, 0.15) is 0 Å². The molecule has 2 rings (SSSR count). The molecule has 1 fully saturated rings. The molecule has 1 N–H and O–H groups in total. The predicted octanol–water partition coefficient (Wildman–Crippen LogP) is 2.18. The van der Waals surface area contributed by atoms with Gasteiger partial charge in [-0.1, -0.05) is 17.7 Å². The normalized spacial score (nSPS) is 17.5. The first kappa shape index (κ1) is 14.7. The maximum atomic E-state index is 11.8. The number of rotatable bonds is 3. The molecule has 1 saturated heterocycles. The van der Waals surface area contributed by atoms with Crippen molar-refractivity contribution >= 4 is 11.8 Å². The number of hydrogen-bond acceptors (Lipinski definition) is 3. The van der Waals surface area contributed by atoms with Gasteiger partial charge in [-0.3, -0.25) is 14.5 Å². The minimum Gasteiger partial charge on any atom is -0.387 e. The van der Waals surface area contributed by atoms with Crippen molar-refractivity contribution in [3.05, 3.63) is 34.4 Å². The van der Waals surface area contributed by atoms with Crippen molar-refractivity contribution in [3.63, 3.8) is 0 Å². The molecule has 1 unspecified atom stereocenters. The third kappa shape index (κ3) is 2.90. The van der Waals surface area contributed by atoms with Crippen LogP contribution in [0.2, 0.25) is 0 Å². The average Bonchev–Trinajstić information content (AvgIpc) is 2.32. The lowest BCUT2D eigenvalue weighted by Crippen LogP contribution is -2.42. The molecule has 2 amide bonds. The smallest absolute Gasteiger partial charge is 0.229 e. The van der Waals surface area contributed by atoms with Crippen molar-refractivity contribution in [1.29, 1.82) is 0 Å². The number of carbonyl (C=O) groups excluding carboxylic acids is 2. The van der Waals surface area contributed by atoms with Crippen LogP contribution in [0.1, 0.15) is 47.6 Å². The summed E-state index contributed by atoms with van der Waals surface area (Å²) in [5.41, 5.74) is 3.95. The van der Waals surface area contributed by atoms with E-state index in [2.05, 4.69) is 0 Å². The molecule has 1 aliphatic rings. The molecule has 0 saturated carbocycles. The van der Waals surface area contributed by atoms with E-state index in [4.69, 9.17) is 0 Å². The molecule has 1 aromatic rings. The van der Waals surface area contributed by atoms with Crippen LogP contribution in [0, 0.1) is 20.8 Å². The molecule has 1 heterocycles. The number of β-amino-alcohol motifs (C(OH)–C–C–N with tert-alkyl or cyclic N) is 1. The number of aliphatic hydroxyl groups excluding tert-OH is 1. The van der Waals surface area contributed by atoms with Gasteiger partial charge in [-0.25, -0.2) is 0 Å². The number of aryl methyl sites for hydroxylation is 3. The Morgan fingerprint density at radius 1 is 1.10 bits per heavy atom. The van der Waals surface area contributed by atoms with Crippen LogP contribution in [0.25, 0.3) is 0 Å². The number of hydrogen-bond donors (Lipinski definition) is 1. The van der Waals surface area contributed by atoms with Crippen LogP contribution >= 0.6 is 0 Å². The Kier molecular flexibility index (Phi) is 4.23. The van der Waals surface area contributed by atoms with Crippen molar-refractivity contribution < 1.29 is 14.7 Å². The number of nitrogens with zero attached hydrogens (tertiary/aromatic N) is 1. The quantitative estimate of drug-likeness (QED) is 0.860.